The number of hydrogen-bond donors (Lipinski definition) is 1. The highest BCUT2D eigenvalue weighted by Crippen LogP contribution is 2.28. The SMILES string of the molecule is NC(Cc1cc(Cl)ccc1Cl)c1cc(Br)cc(Br)c1. The minimum Gasteiger partial charge on any atom is -0.324 e. The number of rotatable bonds is 3. The lowest BCUT2D eigenvalue weighted by Gasteiger charge is -2.14. The van der Waals surface area contributed by atoms with Crippen molar-refractivity contribution in [3.05, 3.63) is 66.5 Å². The molecule has 2 aromatic rings. The lowest BCUT2D eigenvalue weighted by molar-refractivity contribution is 0.721. The van der Waals surface area contributed by atoms with Gasteiger partial charge in [-0.05, 0) is 53.9 Å². The van der Waals surface area contributed by atoms with Crippen LogP contribution in [-0.2, 0) is 6.42 Å². The first-order chi connectivity index (χ1) is 8.95. The predicted octanol–water partition coefficient (Wildman–Crippen LogP) is 5.76. The molecule has 0 fully saturated rings. The van der Waals surface area contributed by atoms with Gasteiger partial charge < -0.3 is 5.73 Å². The Hall–Kier alpha value is -0.0600. The summed E-state index contributed by atoms with van der Waals surface area (Å²) in [6.45, 7) is 0. The fraction of sp³-hybridized carbons (Fsp3) is 0.143. The summed E-state index contributed by atoms with van der Waals surface area (Å²) < 4.78 is 1.98. The van der Waals surface area contributed by atoms with Crippen LogP contribution in [0.15, 0.2) is 45.3 Å². The summed E-state index contributed by atoms with van der Waals surface area (Å²) in [5, 5.41) is 1.36. The summed E-state index contributed by atoms with van der Waals surface area (Å²) >= 11 is 19.1. The number of nitrogens with two attached hydrogens (primary N) is 1. The van der Waals surface area contributed by atoms with Gasteiger partial charge in [-0.25, -0.2) is 0 Å². The molecule has 5 heteroatoms. The number of halogens is 4. The maximum atomic E-state index is 6.24. The van der Waals surface area contributed by atoms with Crippen molar-refractivity contribution >= 4 is 55.1 Å². The standard InChI is InChI=1S/C14H11Br2Cl2N/c15-10-3-9(4-11(16)7-10)14(19)6-8-5-12(17)1-2-13(8)18/h1-5,7,14H,6,19H2. The van der Waals surface area contributed by atoms with E-state index in [4.69, 9.17) is 28.9 Å². The zero-order valence-corrected chi connectivity index (χ0v) is 14.5. The van der Waals surface area contributed by atoms with Crippen molar-refractivity contribution in [1.82, 2.24) is 0 Å². The number of hydrogen-bond acceptors (Lipinski definition) is 1. The number of benzene rings is 2. The molecule has 1 nitrogen and oxygen atoms in total. The highest BCUT2D eigenvalue weighted by molar-refractivity contribution is 9.11. The molecule has 2 rings (SSSR count). The van der Waals surface area contributed by atoms with Gasteiger partial charge in [0.2, 0.25) is 0 Å². The average Bonchev–Trinajstić information content (AvgIpc) is 2.32. The lowest BCUT2D eigenvalue weighted by atomic mass is 10.00. The van der Waals surface area contributed by atoms with E-state index in [1.165, 1.54) is 0 Å². The summed E-state index contributed by atoms with van der Waals surface area (Å²) in [6.07, 6.45) is 0.641. The second-order valence-electron chi connectivity index (χ2n) is 4.25. The minimum atomic E-state index is -0.134. The van der Waals surface area contributed by atoms with Crippen LogP contribution in [0.3, 0.4) is 0 Å². The fourth-order valence-electron chi connectivity index (χ4n) is 1.84. The monoisotopic (exact) mass is 421 g/mol. The normalized spacial score (nSPS) is 12.5. The third-order valence-electron chi connectivity index (χ3n) is 2.76. The molecule has 0 saturated heterocycles. The molecular weight excluding hydrogens is 413 g/mol. The molecule has 0 spiro atoms. The van der Waals surface area contributed by atoms with Gasteiger partial charge in [0.25, 0.3) is 0 Å². The summed E-state index contributed by atoms with van der Waals surface area (Å²) in [7, 11) is 0. The minimum absolute atomic E-state index is 0.134. The molecule has 0 radical (unpaired) electrons. The van der Waals surface area contributed by atoms with Crippen molar-refractivity contribution in [3.63, 3.8) is 0 Å². The average molecular weight is 424 g/mol. The summed E-state index contributed by atoms with van der Waals surface area (Å²) in [6, 6.07) is 11.3. The van der Waals surface area contributed by atoms with Gasteiger partial charge in [0, 0.05) is 25.0 Å². The topological polar surface area (TPSA) is 26.0 Å². The molecule has 2 N–H and O–H groups in total. The first-order valence-electron chi connectivity index (χ1n) is 5.61. The Morgan fingerprint density at radius 2 is 1.63 bits per heavy atom. The zero-order chi connectivity index (χ0) is 14.0. The maximum Gasteiger partial charge on any atom is 0.0439 e. The van der Waals surface area contributed by atoms with Crippen molar-refractivity contribution in [1.29, 1.82) is 0 Å². The Bertz CT molecular complexity index is 582. The van der Waals surface area contributed by atoms with Crippen LogP contribution in [0.5, 0.6) is 0 Å². The van der Waals surface area contributed by atoms with Gasteiger partial charge in [0.15, 0.2) is 0 Å². The van der Waals surface area contributed by atoms with Gasteiger partial charge in [-0.1, -0.05) is 55.1 Å². The summed E-state index contributed by atoms with van der Waals surface area (Å²) in [5.74, 6) is 0. The maximum absolute atomic E-state index is 6.24. The second kappa shape index (κ2) is 6.59. The summed E-state index contributed by atoms with van der Waals surface area (Å²) in [5.41, 5.74) is 8.24. The zero-order valence-electron chi connectivity index (χ0n) is 9.84. The van der Waals surface area contributed by atoms with Crippen LogP contribution in [0.2, 0.25) is 10.0 Å². The molecule has 0 bridgehead atoms. The van der Waals surface area contributed by atoms with Crippen LogP contribution in [0.25, 0.3) is 0 Å². The van der Waals surface area contributed by atoms with E-state index in [1.807, 2.05) is 24.3 Å². The van der Waals surface area contributed by atoms with E-state index in [0.29, 0.717) is 16.5 Å². The van der Waals surface area contributed by atoms with E-state index in [1.54, 1.807) is 12.1 Å². The molecular formula is C14H11Br2Cl2N. The molecule has 0 amide bonds. The van der Waals surface area contributed by atoms with E-state index in [2.05, 4.69) is 31.9 Å². The third kappa shape index (κ3) is 4.20. The third-order valence-corrected chi connectivity index (χ3v) is 4.28. The smallest absolute Gasteiger partial charge is 0.0439 e. The van der Waals surface area contributed by atoms with Gasteiger partial charge in [0.05, 0.1) is 0 Å². The Morgan fingerprint density at radius 1 is 1.00 bits per heavy atom. The Balaban J connectivity index is 2.25. The molecule has 0 aliphatic carbocycles. The van der Waals surface area contributed by atoms with Crippen molar-refractivity contribution in [2.24, 2.45) is 5.73 Å². The molecule has 2 aromatic carbocycles. The second-order valence-corrected chi connectivity index (χ2v) is 6.92. The molecule has 1 atom stereocenters. The molecule has 100 valence electrons. The Labute approximate surface area is 139 Å². The Morgan fingerprint density at radius 3 is 2.26 bits per heavy atom. The van der Waals surface area contributed by atoms with E-state index in [9.17, 15) is 0 Å². The fourth-order valence-corrected chi connectivity index (χ4v) is 3.56. The van der Waals surface area contributed by atoms with Crippen molar-refractivity contribution < 1.29 is 0 Å². The molecule has 19 heavy (non-hydrogen) atoms. The van der Waals surface area contributed by atoms with Gasteiger partial charge in [-0.15, -0.1) is 0 Å². The van der Waals surface area contributed by atoms with E-state index in [-0.39, 0.29) is 6.04 Å². The van der Waals surface area contributed by atoms with Gasteiger partial charge in [-0.2, -0.15) is 0 Å². The lowest BCUT2D eigenvalue weighted by Crippen LogP contribution is -2.13. The molecule has 1 unspecified atom stereocenters. The highest BCUT2D eigenvalue weighted by Gasteiger charge is 2.11. The first-order valence-corrected chi connectivity index (χ1v) is 7.95. The van der Waals surface area contributed by atoms with Crippen LogP contribution in [0, 0.1) is 0 Å². The summed E-state index contributed by atoms with van der Waals surface area (Å²) in [4.78, 5) is 0. The van der Waals surface area contributed by atoms with Gasteiger partial charge in [0.1, 0.15) is 0 Å². The molecule has 0 aliphatic heterocycles. The van der Waals surface area contributed by atoms with E-state index < -0.39 is 0 Å². The van der Waals surface area contributed by atoms with Crippen LogP contribution < -0.4 is 5.73 Å². The van der Waals surface area contributed by atoms with Crippen LogP contribution >= 0.6 is 55.1 Å². The van der Waals surface area contributed by atoms with Crippen molar-refractivity contribution in [3.8, 4) is 0 Å². The highest BCUT2D eigenvalue weighted by atomic mass is 79.9. The quantitative estimate of drug-likeness (QED) is 0.667. The van der Waals surface area contributed by atoms with Gasteiger partial charge >= 0.3 is 0 Å². The van der Waals surface area contributed by atoms with Crippen LogP contribution in [0.4, 0.5) is 0 Å². The van der Waals surface area contributed by atoms with E-state index in [0.717, 1.165) is 20.1 Å². The molecule has 0 aromatic heterocycles. The Kier molecular flexibility index (Phi) is 5.32. The predicted molar refractivity (Wildman–Crippen MR) is 88.9 cm³/mol. The van der Waals surface area contributed by atoms with Crippen molar-refractivity contribution in [2.45, 2.75) is 12.5 Å². The van der Waals surface area contributed by atoms with Crippen LogP contribution in [-0.4, -0.2) is 0 Å². The van der Waals surface area contributed by atoms with Crippen molar-refractivity contribution in [2.75, 3.05) is 0 Å². The first kappa shape index (κ1) is 15.3. The van der Waals surface area contributed by atoms with Gasteiger partial charge in [-0.3, -0.25) is 0 Å². The molecule has 0 saturated carbocycles. The molecule has 0 aliphatic rings. The largest absolute Gasteiger partial charge is 0.324 e. The van der Waals surface area contributed by atoms with Crippen LogP contribution in [0.1, 0.15) is 17.2 Å². The molecule has 0 heterocycles. The van der Waals surface area contributed by atoms with E-state index >= 15 is 0 Å².